The van der Waals surface area contributed by atoms with E-state index >= 15 is 0 Å². The number of ether oxygens (including phenoxy) is 2. The summed E-state index contributed by atoms with van der Waals surface area (Å²) < 4.78 is 11.7. The predicted molar refractivity (Wildman–Crippen MR) is 209 cm³/mol. The lowest BCUT2D eigenvalue weighted by Gasteiger charge is -2.29. The first-order valence-electron chi connectivity index (χ1n) is 18.9. The fourth-order valence-electron chi connectivity index (χ4n) is 7.92. The van der Waals surface area contributed by atoms with Crippen LogP contribution in [0.15, 0.2) is 121 Å². The average Bonchev–Trinajstić information content (AvgIpc) is 3.70. The average molecular weight is 723 g/mol. The van der Waals surface area contributed by atoms with Gasteiger partial charge in [0.2, 0.25) is 0 Å². The fourth-order valence-corrected chi connectivity index (χ4v) is 7.92. The van der Waals surface area contributed by atoms with Gasteiger partial charge in [0.1, 0.15) is 19.3 Å². The molecule has 5 aromatic rings. The zero-order chi connectivity index (χ0) is 37.4. The summed E-state index contributed by atoms with van der Waals surface area (Å²) in [7, 11) is 0. The second-order valence-electron chi connectivity index (χ2n) is 14.1. The number of aryl methyl sites for hydroxylation is 1. The largest absolute Gasteiger partial charge is 0.480 e. The van der Waals surface area contributed by atoms with Crippen LogP contribution in [0.3, 0.4) is 0 Å². The molecule has 2 N–H and O–H groups in total. The molecule has 0 aliphatic heterocycles. The van der Waals surface area contributed by atoms with E-state index in [-0.39, 0.29) is 44.6 Å². The topological polar surface area (TPSA) is 105 Å². The number of carbonyl (C=O) groups is 3. The number of benzene rings is 5. The maximum Gasteiger partial charge on any atom is 0.410 e. The number of hydrogen-bond donors (Lipinski definition) is 2. The van der Waals surface area contributed by atoms with Gasteiger partial charge in [-0.15, -0.1) is 0 Å². The number of nitrogens with zero attached hydrogens (tertiary/aromatic N) is 1. The summed E-state index contributed by atoms with van der Waals surface area (Å²) in [6, 6.07) is 39.3. The third-order valence-electron chi connectivity index (χ3n) is 10.7. The molecular formula is C46H46N2O6. The normalized spacial score (nSPS) is 13.3. The summed E-state index contributed by atoms with van der Waals surface area (Å²) in [6.07, 6.45) is 2.29. The third-order valence-corrected chi connectivity index (χ3v) is 10.7. The van der Waals surface area contributed by atoms with Crippen LogP contribution in [0.1, 0.15) is 77.8 Å². The lowest BCUT2D eigenvalue weighted by molar-refractivity contribution is -0.143. The van der Waals surface area contributed by atoms with Gasteiger partial charge in [0.05, 0.1) is 0 Å². The van der Waals surface area contributed by atoms with E-state index in [2.05, 4.69) is 60.8 Å². The van der Waals surface area contributed by atoms with Crippen LogP contribution in [0.4, 0.5) is 9.59 Å². The molecule has 0 radical (unpaired) electrons. The van der Waals surface area contributed by atoms with Crippen LogP contribution >= 0.6 is 0 Å². The van der Waals surface area contributed by atoms with Crippen LogP contribution in [-0.4, -0.2) is 54.0 Å². The van der Waals surface area contributed by atoms with Crippen molar-refractivity contribution in [1.82, 2.24) is 10.2 Å². The Hall–Kier alpha value is -5.89. The summed E-state index contributed by atoms with van der Waals surface area (Å²) >= 11 is 0. The molecule has 0 spiro atoms. The van der Waals surface area contributed by atoms with Crippen LogP contribution in [0.25, 0.3) is 22.3 Å². The lowest BCUT2D eigenvalue weighted by Crippen LogP contribution is -2.45. The van der Waals surface area contributed by atoms with Gasteiger partial charge in [-0.3, -0.25) is 4.90 Å². The number of rotatable bonds is 15. The number of aliphatic carboxylic acids is 1. The molecule has 0 unspecified atom stereocenters. The number of carboxylic acid groups (broad SMARTS) is 1. The van der Waals surface area contributed by atoms with Crippen molar-refractivity contribution in [2.75, 3.05) is 19.8 Å². The molecule has 5 aromatic carbocycles. The van der Waals surface area contributed by atoms with Crippen molar-refractivity contribution < 1.29 is 29.0 Å². The molecule has 2 aliphatic rings. The molecule has 0 bridgehead atoms. The molecule has 0 heterocycles. The Bertz CT molecular complexity index is 2020. The van der Waals surface area contributed by atoms with Crippen molar-refractivity contribution in [3.63, 3.8) is 0 Å². The van der Waals surface area contributed by atoms with Crippen molar-refractivity contribution in [2.45, 2.75) is 63.5 Å². The van der Waals surface area contributed by atoms with E-state index in [4.69, 9.17) is 9.47 Å². The van der Waals surface area contributed by atoms with Gasteiger partial charge < -0.3 is 19.9 Å². The molecular weight excluding hydrogens is 677 g/mol. The van der Waals surface area contributed by atoms with Crippen LogP contribution in [0, 0.1) is 0 Å². The summed E-state index contributed by atoms with van der Waals surface area (Å²) in [5.41, 5.74) is 10.9. The van der Waals surface area contributed by atoms with E-state index in [1.165, 1.54) is 10.5 Å². The quantitative estimate of drug-likeness (QED) is 0.104. The minimum Gasteiger partial charge on any atom is -0.480 e. The maximum absolute atomic E-state index is 14.0. The Morgan fingerprint density at radius 3 is 1.59 bits per heavy atom. The maximum atomic E-state index is 14.0. The Balaban J connectivity index is 0.998. The van der Waals surface area contributed by atoms with Gasteiger partial charge in [0.25, 0.3) is 0 Å². The highest BCUT2D eigenvalue weighted by Gasteiger charge is 2.34. The zero-order valence-corrected chi connectivity index (χ0v) is 30.6. The number of alkyl carbamates (subject to hydrolysis) is 1. The van der Waals surface area contributed by atoms with Crippen molar-refractivity contribution in [2.24, 2.45) is 0 Å². The molecule has 2 amide bonds. The molecule has 0 aromatic heterocycles. The highest BCUT2D eigenvalue weighted by atomic mass is 16.6. The molecule has 0 fully saturated rings. The van der Waals surface area contributed by atoms with E-state index in [0.717, 1.165) is 69.3 Å². The molecule has 54 heavy (non-hydrogen) atoms. The van der Waals surface area contributed by atoms with Gasteiger partial charge >= 0.3 is 18.2 Å². The van der Waals surface area contributed by atoms with E-state index in [1.54, 1.807) is 0 Å². The van der Waals surface area contributed by atoms with Crippen molar-refractivity contribution >= 4 is 18.2 Å². The number of nitrogens with one attached hydrogen (secondary N) is 1. The Morgan fingerprint density at radius 1 is 0.648 bits per heavy atom. The first-order valence-corrected chi connectivity index (χ1v) is 18.9. The van der Waals surface area contributed by atoms with Crippen molar-refractivity contribution in [3.8, 4) is 22.3 Å². The first-order chi connectivity index (χ1) is 26.4. The number of fused-ring (bicyclic) bond motifs is 6. The molecule has 1 atom stereocenters. The van der Waals surface area contributed by atoms with Gasteiger partial charge in [-0.1, -0.05) is 135 Å². The summed E-state index contributed by atoms with van der Waals surface area (Å²) in [6.45, 7) is 2.67. The summed E-state index contributed by atoms with van der Waals surface area (Å²) in [5.74, 6) is -1.36. The highest BCUT2D eigenvalue weighted by molar-refractivity contribution is 5.82. The van der Waals surface area contributed by atoms with Crippen molar-refractivity contribution in [3.05, 3.63) is 155 Å². The fraction of sp³-hybridized carbons (Fsp3) is 0.283. The Labute approximate surface area is 316 Å². The monoisotopic (exact) mass is 722 g/mol. The number of carboxylic acids is 1. The summed E-state index contributed by atoms with van der Waals surface area (Å²) in [5, 5.41) is 13.2. The number of carbonyl (C=O) groups excluding carboxylic acids is 2. The number of hydrogen-bond acceptors (Lipinski definition) is 5. The third kappa shape index (κ3) is 7.88. The molecule has 8 heteroatoms. The predicted octanol–water partition coefficient (Wildman–Crippen LogP) is 9.55. The Kier molecular flexibility index (Phi) is 11.4. The molecule has 7 rings (SSSR count). The van der Waals surface area contributed by atoms with Crippen molar-refractivity contribution in [1.29, 1.82) is 0 Å². The van der Waals surface area contributed by atoms with Gasteiger partial charge in [0, 0.05) is 24.9 Å². The van der Waals surface area contributed by atoms with Crippen LogP contribution in [0.2, 0.25) is 0 Å². The molecule has 8 nitrogen and oxygen atoms in total. The first kappa shape index (κ1) is 36.5. The lowest BCUT2D eigenvalue weighted by atomic mass is 9.98. The second-order valence-corrected chi connectivity index (χ2v) is 14.1. The number of amides is 2. The minimum absolute atomic E-state index is 0.0639. The van der Waals surface area contributed by atoms with E-state index in [0.29, 0.717) is 6.42 Å². The minimum atomic E-state index is -1.18. The second kappa shape index (κ2) is 16.8. The molecule has 276 valence electrons. The van der Waals surface area contributed by atoms with E-state index in [9.17, 15) is 19.5 Å². The van der Waals surface area contributed by atoms with Crippen LogP contribution in [-0.2, 0) is 27.2 Å². The van der Waals surface area contributed by atoms with Gasteiger partial charge in [-0.25, -0.2) is 14.4 Å². The SMILES string of the molecule is CCCCc1ccc(CN(C(=O)OCC2c3ccccc3-c3ccccc32)[C@@H](CCCNC(=O)OCC2c3ccccc3-c3ccccc32)C(=O)O)cc1. The van der Waals surface area contributed by atoms with E-state index in [1.807, 2.05) is 72.8 Å². The van der Waals surface area contributed by atoms with Gasteiger partial charge in [-0.05, 0) is 81.3 Å². The summed E-state index contributed by atoms with van der Waals surface area (Å²) in [4.78, 5) is 40.9. The number of unbranched alkanes of at least 4 members (excludes halogenated alkanes) is 1. The standard InChI is InChI=1S/C46H46N2O6/c1-2-3-13-31-23-25-32(26-24-31)28-48(46(52)54-30-42-39-20-10-6-16-35(39)36-17-7-11-21-40(36)42)43(44(49)50)22-12-27-47-45(51)53-29-41-37-18-8-4-14-33(37)34-15-5-9-19-38(34)41/h4-11,14-21,23-26,41-43H,2-3,12-13,22,27-30H2,1H3,(H,47,51)(H,49,50)/t43-/m0/s1. The molecule has 0 saturated carbocycles. The van der Waals surface area contributed by atoms with Crippen LogP contribution < -0.4 is 5.32 Å². The Morgan fingerprint density at radius 2 is 1.11 bits per heavy atom. The van der Waals surface area contributed by atoms with E-state index < -0.39 is 24.2 Å². The van der Waals surface area contributed by atoms with Gasteiger partial charge in [0.15, 0.2) is 0 Å². The zero-order valence-electron chi connectivity index (χ0n) is 30.6. The highest BCUT2D eigenvalue weighted by Crippen LogP contribution is 2.45. The van der Waals surface area contributed by atoms with Crippen LogP contribution in [0.5, 0.6) is 0 Å². The van der Waals surface area contributed by atoms with Gasteiger partial charge in [-0.2, -0.15) is 0 Å². The molecule has 2 aliphatic carbocycles. The smallest absolute Gasteiger partial charge is 0.410 e. The molecule has 0 saturated heterocycles.